The van der Waals surface area contributed by atoms with Crippen molar-refractivity contribution in [3.8, 4) is 5.69 Å². The standard InChI is InChI=1S/C17H15N3O2/c1-13-7-9-16(10-8-13)20-11-15(18-19-20)12-22-17(21)14-5-3-2-4-6-14/h2-11H,12H2,1H3. The highest BCUT2D eigenvalue weighted by Gasteiger charge is 2.09. The van der Waals surface area contributed by atoms with Crippen LogP contribution in [0.25, 0.3) is 5.69 Å². The Kier molecular flexibility index (Phi) is 3.96. The zero-order valence-electron chi connectivity index (χ0n) is 12.1. The van der Waals surface area contributed by atoms with E-state index in [4.69, 9.17) is 4.74 Å². The predicted molar refractivity (Wildman–Crippen MR) is 81.7 cm³/mol. The van der Waals surface area contributed by atoms with E-state index in [2.05, 4.69) is 10.3 Å². The second-order valence-electron chi connectivity index (χ2n) is 4.93. The number of esters is 1. The number of hydrogen-bond acceptors (Lipinski definition) is 4. The van der Waals surface area contributed by atoms with Crippen molar-refractivity contribution >= 4 is 5.97 Å². The molecule has 5 nitrogen and oxygen atoms in total. The molecule has 3 aromatic rings. The summed E-state index contributed by atoms with van der Waals surface area (Å²) in [4.78, 5) is 11.9. The van der Waals surface area contributed by atoms with Crippen molar-refractivity contribution in [3.05, 3.63) is 77.6 Å². The van der Waals surface area contributed by atoms with Crippen LogP contribution in [0.3, 0.4) is 0 Å². The van der Waals surface area contributed by atoms with Crippen LogP contribution in [0.1, 0.15) is 21.6 Å². The molecule has 3 rings (SSSR count). The molecule has 2 aromatic carbocycles. The molecule has 1 heterocycles. The number of aryl methyl sites for hydroxylation is 1. The van der Waals surface area contributed by atoms with Crippen LogP contribution in [0.2, 0.25) is 0 Å². The van der Waals surface area contributed by atoms with Crippen LogP contribution in [0.5, 0.6) is 0 Å². The van der Waals surface area contributed by atoms with Gasteiger partial charge < -0.3 is 4.74 Å². The molecule has 0 fully saturated rings. The zero-order valence-corrected chi connectivity index (χ0v) is 12.1. The van der Waals surface area contributed by atoms with Gasteiger partial charge in [-0.15, -0.1) is 5.10 Å². The average Bonchev–Trinajstić information content (AvgIpc) is 3.03. The number of hydrogen-bond donors (Lipinski definition) is 0. The van der Waals surface area contributed by atoms with Crippen LogP contribution >= 0.6 is 0 Å². The Balaban J connectivity index is 1.65. The van der Waals surface area contributed by atoms with Gasteiger partial charge in [0.2, 0.25) is 0 Å². The Labute approximate surface area is 128 Å². The Hall–Kier alpha value is -2.95. The summed E-state index contributed by atoms with van der Waals surface area (Å²) in [6.45, 7) is 2.12. The quantitative estimate of drug-likeness (QED) is 0.694. The smallest absolute Gasteiger partial charge is 0.338 e. The molecular weight excluding hydrogens is 278 g/mol. The molecule has 0 saturated carbocycles. The number of rotatable bonds is 4. The zero-order chi connectivity index (χ0) is 15.4. The number of ether oxygens (including phenoxy) is 1. The molecule has 5 heteroatoms. The van der Waals surface area contributed by atoms with Crippen LogP contribution in [-0.2, 0) is 11.3 Å². The van der Waals surface area contributed by atoms with E-state index in [-0.39, 0.29) is 12.6 Å². The maximum atomic E-state index is 11.9. The lowest BCUT2D eigenvalue weighted by Gasteiger charge is -2.02. The van der Waals surface area contributed by atoms with E-state index in [1.165, 1.54) is 5.56 Å². The van der Waals surface area contributed by atoms with E-state index < -0.39 is 0 Å². The fourth-order valence-electron chi connectivity index (χ4n) is 1.99. The summed E-state index contributed by atoms with van der Waals surface area (Å²) in [7, 11) is 0. The fourth-order valence-corrected chi connectivity index (χ4v) is 1.99. The summed E-state index contributed by atoms with van der Waals surface area (Å²) in [6.07, 6.45) is 1.75. The molecule has 1 aromatic heterocycles. The van der Waals surface area contributed by atoms with E-state index in [9.17, 15) is 4.79 Å². The van der Waals surface area contributed by atoms with Crippen LogP contribution in [0, 0.1) is 6.92 Å². The first-order chi connectivity index (χ1) is 10.7. The highest BCUT2D eigenvalue weighted by molar-refractivity contribution is 5.89. The van der Waals surface area contributed by atoms with Crippen molar-refractivity contribution in [2.75, 3.05) is 0 Å². The maximum Gasteiger partial charge on any atom is 0.338 e. The monoisotopic (exact) mass is 293 g/mol. The summed E-state index contributed by atoms with van der Waals surface area (Å²) in [5.41, 5.74) is 3.22. The Morgan fingerprint density at radius 1 is 1.09 bits per heavy atom. The van der Waals surface area contributed by atoms with Gasteiger partial charge in [0.05, 0.1) is 17.4 Å². The lowest BCUT2D eigenvalue weighted by molar-refractivity contribution is 0.0467. The van der Waals surface area contributed by atoms with Crippen molar-refractivity contribution < 1.29 is 9.53 Å². The Morgan fingerprint density at radius 2 is 1.82 bits per heavy atom. The first kappa shape index (κ1) is 14.0. The van der Waals surface area contributed by atoms with E-state index in [0.717, 1.165) is 5.69 Å². The molecule has 0 unspecified atom stereocenters. The molecule has 0 amide bonds. The molecule has 0 radical (unpaired) electrons. The van der Waals surface area contributed by atoms with Gasteiger partial charge in [-0.25, -0.2) is 9.48 Å². The summed E-state index contributed by atoms with van der Waals surface area (Å²) in [5.74, 6) is -0.370. The molecule has 22 heavy (non-hydrogen) atoms. The van der Waals surface area contributed by atoms with Gasteiger partial charge in [0.1, 0.15) is 12.3 Å². The van der Waals surface area contributed by atoms with E-state index in [1.54, 1.807) is 35.1 Å². The molecule has 110 valence electrons. The second kappa shape index (κ2) is 6.22. The first-order valence-electron chi connectivity index (χ1n) is 6.93. The van der Waals surface area contributed by atoms with Gasteiger partial charge in [-0.1, -0.05) is 41.1 Å². The number of carbonyl (C=O) groups is 1. The molecule has 0 saturated heterocycles. The number of aromatic nitrogens is 3. The normalized spacial score (nSPS) is 10.4. The van der Waals surface area contributed by atoms with Gasteiger partial charge >= 0.3 is 5.97 Å². The van der Waals surface area contributed by atoms with Crippen LogP contribution in [0.15, 0.2) is 60.8 Å². The third-order valence-electron chi connectivity index (χ3n) is 3.20. The van der Waals surface area contributed by atoms with Crippen LogP contribution in [-0.4, -0.2) is 21.0 Å². The third-order valence-corrected chi connectivity index (χ3v) is 3.20. The van der Waals surface area contributed by atoms with E-state index in [0.29, 0.717) is 11.3 Å². The largest absolute Gasteiger partial charge is 0.455 e. The minimum absolute atomic E-state index is 0.0968. The molecule has 0 atom stereocenters. The molecule has 0 aliphatic heterocycles. The molecule has 0 aliphatic carbocycles. The lowest BCUT2D eigenvalue weighted by Crippen LogP contribution is -2.05. The third kappa shape index (κ3) is 3.20. The van der Waals surface area contributed by atoms with E-state index in [1.807, 2.05) is 37.3 Å². The van der Waals surface area contributed by atoms with Crippen molar-refractivity contribution in [1.29, 1.82) is 0 Å². The lowest BCUT2D eigenvalue weighted by atomic mass is 10.2. The Bertz CT molecular complexity index is 764. The van der Waals surface area contributed by atoms with Crippen LogP contribution in [0.4, 0.5) is 0 Å². The van der Waals surface area contributed by atoms with Crippen LogP contribution < -0.4 is 0 Å². The topological polar surface area (TPSA) is 57.0 Å². The van der Waals surface area contributed by atoms with Crippen molar-refractivity contribution in [1.82, 2.24) is 15.0 Å². The van der Waals surface area contributed by atoms with Crippen molar-refractivity contribution in [2.45, 2.75) is 13.5 Å². The maximum absolute atomic E-state index is 11.9. The van der Waals surface area contributed by atoms with Crippen molar-refractivity contribution in [3.63, 3.8) is 0 Å². The SMILES string of the molecule is Cc1ccc(-n2cc(COC(=O)c3ccccc3)nn2)cc1. The predicted octanol–water partition coefficient (Wildman–Crippen LogP) is 2.93. The minimum Gasteiger partial charge on any atom is -0.455 e. The van der Waals surface area contributed by atoms with Gasteiger partial charge in [0.15, 0.2) is 0 Å². The molecule has 0 bridgehead atoms. The minimum atomic E-state index is -0.370. The molecule has 0 spiro atoms. The molecular formula is C17H15N3O2. The van der Waals surface area contributed by atoms with Gasteiger partial charge in [-0.3, -0.25) is 0 Å². The summed E-state index contributed by atoms with van der Waals surface area (Å²) in [6, 6.07) is 16.8. The van der Waals surface area contributed by atoms with Crippen molar-refractivity contribution in [2.24, 2.45) is 0 Å². The second-order valence-corrected chi connectivity index (χ2v) is 4.93. The number of nitrogens with zero attached hydrogens (tertiary/aromatic N) is 3. The summed E-state index contributed by atoms with van der Waals surface area (Å²) in [5, 5.41) is 8.06. The molecule has 0 N–H and O–H groups in total. The highest BCUT2D eigenvalue weighted by atomic mass is 16.5. The fraction of sp³-hybridized carbons (Fsp3) is 0.118. The number of carbonyl (C=O) groups excluding carboxylic acids is 1. The van der Waals surface area contributed by atoms with Gasteiger partial charge in [0, 0.05) is 0 Å². The van der Waals surface area contributed by atoms with Gasteiger partial charge in [-0.2, -0.15) is 0 Å². The summed E-state index contributed by atoms with van der Waals surface area (Å²) >= 11 is 0. The first-order valence-corrected chi connectivity index (χ1v) is 6.93. The average molecular weight is 293 g/mol. The number of benzene rings is 2. The summed E-state index contributed by atoms with van der Waals surface area (Å²) < 4.78 is 6.89. The Morgan fingerprint density at radius 3 is 2.55 bits per heavy atom. The molecule has 0 aliphatic rings. The van der Waals surface area contributed by atoms with Gasteiger partial charge in [-0.05, 0) is 31.2 Å². The van der Waals surface area contributed by atoms with E-state index >= 15 is 0 Å². The highest BCUT2D eigenvalue weighted by Crippen LogP contribution is 2.09. The van der Waals surface area contributed by atoms with Gasteiger partial charge in [0.25, 0.3) is 0 Å².